The fraction of sp³-hybridized carbons (Fsp3) is 0.545. The topological polar surface area (TPSA) is 63.7 Å². The Bertz CT molecular complexity index is 596. The number of methoxy groups -OCH3 is 1. The van der Waals surface area contributed by atoms with E-state index in [0.717, 1.165) is 17.8 Å². The number of nitrogens with zero attached hydrogens (tertiary/aromatic N) is 1. The summed E-state index contributed by atoms with van der Waals surface area (Å²) >= 11 is 0.978. The number of ether oxygens (including phenoxy) is 1. The number of thiophene rings is 1. The average molecular weight is 324 g/mol. The lowest BCUT2D eigenvalue weighted by molar-refractivity contribution is 0.0724. The molecule has 5 nitrogen and oxygen atoms in total. The molecule has 0 bridgehead atoms. The van der Waals surface area contributed by atoms with Crippen LogP contribution in [0.4, 0.5) is 0 Å². The van der Waals surface area contributed by atoms with Crippen molar-refractivity contribution >= 4 is 37.0 Å². The van der Waals surface area contributed by atoms with Gasteiger partial charge >= 0.3 is 0 Å². The molecule has 0 aliphatic carbocycles. The summed E-state index contributed by atoms with van der Waals surface area (Å²) in [5.41, 5.74) is 0.826. The molecule has 19 heavy (non-hydrogen) atoms. The van der Waals surface area contributed by atoms with E-state index in [4.69, 9.17) is 15.4 Å². The van der Waals surface area contributed by atoms with Crippen molar-refractivity contribution in [2.24, 2.45) is 0 Å². The van der Waals surface area contributed by atoms with E-state index in [-0.39, 0.29) is 16.2 Å². The van der Waals surface area contributed by atoms with Gasteiger partial charge in [0.05, 0.1) is 11.7 Å². The van der Waals surface area contributed by atoms with Gasteiger partial charge in [-0.25, -0.2) is 8.42 Å². The average Bonchev–Trinajstić information content (AvgIpc) is 2.93. The maximum atomic E-state index is 12.3. The van der Waals surface area contributed by atoms with Crippen LogP contribution in [0, 0.1) is 6.92 Å². The number of hydrogen-bond acceptors (Lipinski definition) is 5. The van der Waals surface area contributed by atoms with Crippen LogP contribution in [0.5, 0.6) is 0 Å². The Labute approximate surface area is 120 Å². The third kappa shape index (κ3) is 2.94. The molecule has 1 unspecified atom stereocenters. The van der Waals surface area contributed by atoms with Crippen LogP contribution in [0.1, 0.15) is 22.3 Å². The molecular weight excluding hydrogens is 310 g/mol. The Morgan fingerprint density at radius 1 is 1.58 bits per heavy atom. The summed E-state index contributed by atoms with van der Waals surface area (Å²) in [5.74, 6) is -0.167. The van der Waals surface area contributed by atoms with E-state index >= 15 is 0 Å². The highest BCUT2D eigenvalue weighted by Gasteiger charge is 2.30. The molecule has 1 saturated heterocycles. The molecule has 0 saturated carbocycles. The van der Waals surface area contributed by atoms with Crippen LogP contribution < -0.4 is 0 Å². The minimum atomic E-state index is -3.79. The fourth-order valence-corrected chi connectivity index (χ4v) is 4.67. The second-order valence-corrected chi connectivity index (χ2v) is 8.04. The van der Waals surface area contributed by atoms with Gasteiger partial charge in [0.25, 0.3) is 15.0 Å². The molecule has 2 heterocycles. The molecule has 0 N–H and O–H groups in total. The first kappa shape index (κ1) is 14.8. The Balaban J connectivity index is 2.24. The van der Waals surface area contributed by atoms with Crippen LogP contribution in [-0.2, 0) is 13.8 Å². The third-order valence-electron chi connectivity index (χ3n) is 3.21. The summed E-state index contributed by atoms with van der Waals surface area (Å²) in [5, 5.41) is 1.55. The lowest BCUT2D eigenvalue weighted by Gasteiger charge is -2.15. The lowest BCUT2D eigenvalue weighted by Crippen LogP contribution is -2.30. The van der Waals surface area contributed by atoms with Crippen molar-refractivity contribution < 1.29 is 17.9 Å². The first-order valence-corrected chi connectivity index (χ1v) is 8.88. The zero-order valence-electron chi connectivity index (χ0n) is 10.6. The highest BCUT2D eigenvalue weighted by atomic mass is 35.7. The molecule has 1 aliphatic rings. The normalized spacial score (nSPS) is 19.9. The Kier molecular flexibility index (Phi) is 4.20. The molecule has 1 aromatic rings. The summed E-state index contributed by atoms with van der Waals surface area (Å²) in [6, 6.07) is 0. The standard InChI is InChI=1S/C11H14ClNO4S2/c1-7-9(6-18-11(7)19(12,15)16)10(14)13-4-3-8(5-13)17-2/h6,8H,3-5H2,1-2H3. The molecule has 8 heteroatoms. The van der Waals surface area contributed by atoms with E-state index < -0.39 is 9.05 Å². The van der Waals surface area contributed by atoms with Crippen LogP contribution >= 0.6 is 22.0 Å². The van der Waals surface area contributed by atoms with E-state index in [2.05, 4.69) is 0 Å². The largest absolute Gasteiger partial charge is 0.380 e. The van der Waals surface area contributed by atoms with Crippen molar-refractivity contribution in [2.75, 3.05) is 20.2 Å². The van der Waals surface area contributed by atoms with Crippen LogP contribution in [0.3, 0.4) is 0 Å². The van der Waals surface area contributed by atoms with Crippen LogP contribution in [0.15, 0.2) is 9.59 Å². The molecule has 0 aromatic carbocycles. The summed E-state index contributed by atoms with van der Waals surface area (Å²) in [4.78, 5) is 14.0. The van der Waals surface area contributed by atoms with Crippen LogP contribution in [0.25, 0.3) is 0 Å². The highest BCUT2D eigenvalue weighted by molar-refractivity contribution is 8.15. The van der Waals surface area contributed by atoms with Gasteiger partial charge in [0, 0.05) is 36.3 Å². The van der Waals surface area contributed by atoms with Gasteiger partial charge in [0.15, 0.2) is 0 Å². The fourth-order valence-electron chi connectivity index (χ4n) is 2.13. The predicted molar refractivity (Wildman–Crippen MR) is 73.4 cm³/mol. The van der Waals surface area contributed by atoms with E-state index in [9.17, 15) is 13.2 Å². The van der Waals surface area contributed by atoms with Gasteiger partial charge in [0.1, 0.15) is 4.21 Å². The van der Waals surface area contributed by atoms with Gasteiger partial charge in [-0.05, 0) is 18.9 Å². The van der Waals surface area contributed by atoms with Crippen molar-refractivity contribution in [3.05, 3.63) is 16.5 Å². The third-order valence-corrected chi connectivity index (χ3v) is 6.52. The second-order valence-electron chi connectivity index (χ2n) is 4.40. The number of carbonyl (C=O) groups excluding carboxylic acids is 1. The van der Waals surface area contributed by atoms with Crippen molar-refractivity contribution in [3.8, 4) is 0 Å². The number of amides is 1. The SMILES string of the molecule is COC1CCN(C(=O)c2csc(S(=O)(=O)Cl)c2C)C1. The molecule has 1 amide bonds. The number of hydrogen-bond donors (Lipinski definition) is 0. The number of carbonyl (C=O) groups is 1. The molecule has 1 atom stereocenters. The number of likely N-dealkylation sites (tertiary alicyclic amines) is 1. The number of rotatable bonds is 3. The summed E-state index contributed by atoms with van der Waals surface area (Å²) in [6.45, 7) is 2.76. The summed E-state index contributed by atoms with van der Waals surface area (Å²) in [7, 11) is 3.15. The van der Waals surface area contributed by atoms with Crippen molar-refractivity contribution in [2.45, 2.75) is 23.7 Å². The molecular formula is C11H14ClNO4S2. The van der Waals surface area contributed by atoms with Gasteiger partial charge in [0.2, 0.25) is 0 Å². The van der Waals surface area contributed by atoms with Crippen molar-refractivity contribution in [1.82, 2.24) is 4.90 Å². The predicted octanol–water partition coefficient (Wildman–Crippen LogP) is 1.84. The molecule has 0 spiro atoms. The van der Waals surface area contributed by atoms with Gasteiger partial charge < -0.3 is 9.64 Å². The minimum Gasteiger partial charge on any atom is -0.380 e. The highest BCUT2D eigenvalue weighted by Crippen LogP contribution is 2.30. The number of halogens is 1. The lowest BCUT2D eigenvalue weighted by atomic mass is 10.2. The molecule has 1 aromatic heterocycles. The first-order valence-electron chi connectivity index (χ1n) is 5.69. The van der Waals surface area contributed by atoms with Gasteiger partial charge in [-0.3, -0.25) is 4.79 Å². The van der Waals surface area contributed by atoms with E-state index in [0.29, 0.717) is 24.2 Å². The zero-order valence-corrected chi connectivity index (χ0v) is 12.9. The Morgan fingerprint density at radius 2 is 2.26 bits per heavy atom. The van der Waals surface area contributed by atoms with Gasteiger partial charge in [-0.15, -0.1) is 11.3 Å². The summed E-state index contributed by atoms with van der Waals surface area (Å²) in [6.07, 6.45) is 0.852. The minimum absolute atomic E-state index is 0.0417. The van der Waals surface area contributed by atoms with E-state index in [1.807, 2.05) is 0 Å². The van der Waals surface area contributed by atoms with Crippen molar-refractivity contribution in [3.63, 3.8) is 0 Å². The second kappa shape index (κ2) is 5.40. The Hall–Kier alpha value is -0.630. The molecule has 106 valence electrons. The van der Waals surface area contributed by atoms with E-state index in [1.165, 1.54) is 0 Å². The van der Waals surface area contributed by atoms with E-state index in [1.54, 1.807) is 24.3 Å². The smallest absolute Gasteiger partial charge is 0.271 e. The molecule has 1 fully saturated rings. The molecule has 0 radical (unpaired) electrons. The molecule has 2 rings (SSSR count). The zero-order chi connectivity index (χ0) is 14.2. The maximum Gasteiger partial charge on any atom is 0.271 e. The Morgan fingerprint density at radius 3 is 2.74 bits per heavy atom. The summed E-state index contributed by atoms with van der Waals surface area (Å²) < 4.78 is 27.9. The monoisotopic (exact) mass is 323 g/mol. The quantitative estimate of drug-likeness (QED) is 0.796. The van der Waals surface area contributed by atoms with Crippen LogP contribution in [-0.4, -0.2) is 45.5 Å². The maximum absolute atomic E-state index is 12.3. The van der Waals surface area contributed by atoms with Gasteiger partial charge in [-0.1, -0.05) is 0 Å². The molecule has 1 aliphatic heterocycles. The first-order chi connectivity index (χ1) is 8.84. The van der Waals surface area contributed by atoms with Gasteiger partial charge in [-0.2, -0.15) is 0 Å². The van der Waals surface area contributed by atoms with Crippen molar-refractivity contribution in [1.29, 1.82) is 0 Å². The van der Waals surface area contributed by atoms with Crippen LogP contribution in [0.2, 0.25) is 0 Å².